The van der Waals surface area contributed by atoms with E-state index in [1.165, 1.54) is 16.1 Å². The van der Waals surface area contributed by atoms with Crippen LogP contribution in [0.25, 0.3) is 0 Å². The molecule has 0 aliphatic rings. The minimum atomic E-state index is -3.08. The van der Waals surface area contributed by atoms with E-state index in [0.717, 1.165) is 24.4 Å². The van der Waals surface area contributed by atoms with Crippen LogP contribution in [-0.4, -0.2) is 44.7 Å². The highest BCUT2D eigenvalue weighted by Crippen LogP contribution is 2.11. The molecule has 0 aliphatic heterocycles. The van der Waals surface area contributed by atoms with Gasteiger partial charge in [-0.1, -0.05) is 30.7 Å². The van der Waals surface area contributed by atoms with Gasteiger partial charge in [-0.05, 0) is 44.0 Å². The van der Waals surface area contributed by atoms with Crippen molar-refractivity contribution in [1.29, 1.82) is 0 Å². The molecule has 0 saturated carbocycles. The monoisotopic (exact) mass is 332 g/mol. The maximum atomic E-state index is 11.5. The summed E-state index contributed by atoms with van der Waals surface area (Å²) in [6.07, 6.45) is 3.00. The Hall–Kier alpha value is -0.620. The average molecular weight is 333 g/mol. The highest BCUT2D eigenvalue weighted by molar-refractivity contribution is 7.88. The lowest BCUT2D eigenvalue weighted by Crippen LogP contribution is -2.34. The quantitative estimate of drug-likeness (QED) is 0.707. The summed E-state index contributed by atoms with van der Waals surface area (Å²) < 4.78 is 24.4. The molecule has 0 heterocycles. The first-order valence-electron chi connectivity index (χ1n) is 7.26. The normalized spacial score (nSPS) is 13.6. The van der Waals surface area contributed by atoms with Crippen LogP contribution in [0.5, 0.6) is 0 Å². The van der Waals surface area contributed by atoms with Crippen molar-refractivity contribution in [3.05, 3.63) is 34.9 Å². The van der Waals surface area contributed by atoms with Gasteiger partial charge in [0.25, 0.3) is 0 Å². The summed E-state index contributed by atoms with van der Waals surface area (Å²) in [5, 5.41) is 4.17. The molecule has 0 bridgehead atoms. The van der Waals surface area contributed by atoms with E-state index in [2.05, 4.69) is 12.2 Å². The van der Waals surface area contributed by atoms with Gasteiger partial charge in [0, 0.05) is 24.2 Å². The first-order valence-corrected chi connectivity index (χ1v) is 9.48. The van der Waals surface area contributed by atoms with Crippen LogP contribution in [0.1, 0.15) is 25.8 Å². The SMILES string of the molecule is CCN(CCCNC(C)Cc1ccc(Cl)cc1)S(C)(=O)=O. The number of nitrogens with one attached hydrogen (secondary N) is 1. The Morgan fingerprint density at radius 2 is 1.90 bits per heavy atom. The number of halogens is 1. The molecule has 1 atom stereocenters. The molecular weight excluding hydrogens is 308 g/mol. The predicted molar refractivity (Wildman–Crippen MR) is 89.3 cm³/mol. The predicted octanol–water partition coefficient (Wildman–Crippen LogP) is 2.53. The molecule has 6 heteroatoms. The third-order valence-corrected chi connectivity index (χ3v) is 4.98. The second-order valence-electron chi connectivity index (χ2n) is 5.29. The molecule has 1 aromatic rings. The van der Waals surface area contributed by atoms with Crippen molar-refractivity contribution in [2.24, 2.45) is 0 Å². The second kappa shape index (κ2) is 8.73. The van der Waals surface area contributed by atoms with E-state index in [-0.39, 0.29) is 0 Å². The summed E-state index contributed by atoms with van der Waals surface area (Å²) in [7, 11) is -3.08. The number of nitrogens with zero attached hydrogens (tertiary/aromatic N) is 1. The molecule has 0 fully saturated rings. The highest BCUT2D eigenvalue weighted by Gasteiger charge is 2.13. The van der Waals surface area contributed by atoms with Gasteiger partial charge in [0.1, 0.15) is 0 Å². The third kappa shape index (κ3) is 7.27. The van der Waals surface area contributed by atoms with Crippen molar-refractivity contribution in [3.63, 3.8) is 0 Å². The Kier molecular flexibility index (Phi) is 7.66. The van der Waals surface area contributed by atoms with Gasteiger partial charge in [-0.3, -0.25) is 0 Å². The Labute approximate surface area is 133 Å². The van der Waals surface area contributed by atoms with Crippen LogP contribution in [0.2, 0.25) is 5.02 Å². The van der Waals surface area contributed by atoms with E-state index in [9.17, 15) is 8.42 Å². The summed E-state index contributed by atoms with van der Waals surface area (Å²) in [5.74, 6) is 0. The van der Waals surface area contributed by atoms with Crippen LogP contribution >= 0.6 is 11.6 Å². The minimum Gasteiger partial charge on any atom is -0.314 e. The Balaban J connectivity index is 2.27. The maximum Gasteiger partial charge on any atom is 0.211 e. The van der Waals surface area contributed by atoms with Gasteiger partial charge in [0.05, 0.1) is 6.26 Å². The van der Waals surface area contributed by atoms with Gasteiger partial charge in [0.2, 0.25) is 10.0 Å². The van der Waals surface area contributed by atoms with Gasteiger partial charge in [-0.25, -0.2) is 12.7 Å². The van der Waals surface area contributed by atoms with Crippen LogP contribution in [0, 0.1) is 0 Å². The minimum absolute atomic E-state index is 0.347. The van der Waals surface area contributed by atoms with E-state index in [1.807, 2.05) is 31.2 Å². The molecule has 1 N–H and O–H groups in total. The van der Waals surface area contributed by atoms with Crippen molar-refractivity contribution in [2.75, 3.05) is 25.9 Å². The van der Waals surface area contributed by atoms with Crippen molar-refractivity contribution in [2.45, 2.75) is 32.7 Å². The zero-order valence-corrected chi connectivity index (χ0v) is 14.5. The molecule has 4 nitrogen and oxygen atoms in total. The smallest absolute Gasteiger partial charge is 0.211 e. The fourth-order valence-electron chi connectivity index (χ4n) is 2.21. The average Bonchev–Trinajstić information content (AvgIpc) is 2.40. The molecular formula is C15H25ClN2O2S. The van der Waals surface area contributed by atoms with Crippen molar-refractivity contribution < 1.29 is 8.42 Å². The molecule has 1 rings (SSSR count). The number of rotatable bonds is 9. The molecule has 0 spiro atoms. The Bertz CT molecular complexity index is 517. The summed E-state index contributed by atoms with van der Waals surface area (Å²) in [5.41, 5.74) is 1.24. The highest BCUT2D eigenvalue weighted by atomic mass is 35.5. The molecule has 0 saturated heterocycles. The number of hydrogen-bond donors (Lipinski definition) is 1. The molecule has 21 heavy (non-hydrogen) atoms. The second-order valence-corrected chi connectivity index (χ2v) is 7.71. The summed E-state index contributed by atoms with van der Waals surface area (Å²) >= 11 is 5.86. The van der Waals surface area contributed by atoms with Crippen LogP contribution < -0.4 is 5.32 Å². The lowest BCUT2D eigenvalue weighted by atomic mass is 10.1. The molecule has 1 unspecified atom stereocenters. The standard InChI is InChI=1S/C15H25ClN2O2S/c1-4-18(21(3,19)20)11-5-10-17-13(2)12-14-6-8-15(16)9-7-14/h6-9,13,17H,4-5,10-12H2,1-3H3. The van der Waals surface area contributed by atoms with Crippen LogP contribution in [0.15, 0.2) is 24.3 Å². The van der Waals surface area contributed by atoms with Crippen LogP contribution in [0.4, 0.5) is 0 Å². The Morgan fingerprint density at radius 3 is 2.43 bits per heavy atom. The Morgan fingerprint density at radius 1 is 1.29 bits per heavy atom. The first-order chi connectivity index (χ1) is 9.82. The van der Waals surface area contributed by atoms with Crippen LogP contribution in [0.3, 0.4) is 0 Å². The van der Waals surface area contributed by atoms with Gasteiger partial charge >= 0.3 is 0 Å². The van der Waals surface area contributed by atoms with Gasteiger partial charge < -0.3 is 5.32 Å². The number of hydrogen-bond acceptors (Lipinski definition) is 3. The molecule has 0 amide bonds. The van der Waals surface area contributed by atoms with Crippen LogP contribution in [-0.2, 0) is 16.4 Å². The summed E-state index contributed by atoms with van der Waals surface area (Å²) in [6.45, 7) is 5.89. The van der Waals surface area contributed by atoms with Crippen molar-refractivity contribution in [1.82, 2.24) is 9.62 Å². The molecule has 1 aromatic carbocycles. The largest absolute Gasteiger partial charge is 0.314 e. The number of benzene rings is 1. The fourth-order valence-corrected chi connectivity index (χ4v) is 3.26. The first kappa shape index (κ1) is 18.4. The van der Waals surface area contributed by atoms with Crippen molar-refractivity contribution in [3.8, 4) is 0 Å². The van der Waals surface area contributed by atoms with E-state index in [1.54, 1.807) is 0 Å². The lowest BCUT2D eigenvalue weighted by Gasteiger charge is -2.19. The summed E-state index contributed by atoms with van der Waals surface area (Å²) in [6, 6.07) is 8.20. The van der Waals surface area contributed by atoms with E-state index in [0.29, 0.717) is 19.1 Å². The zero-order chi connectivity index (χ0) is 15.9. The molecule has 0 radical (unpaired) electrons. The zero-order valence-electron chi connectivity index (χ0n) is 13.0. The third-order valence-electron chi connectivity index (χ3n) is 3.35. The number of sulfonamides is 1. The van der Waals surface area contributed by atoms with Gasteiger partial charge in [-0.15, -0.1) is 0 Å². The van der Waals surface area contributed by atoms with Gasteiger partial charge in [-0.2, -0.15) is 0 Å². The van der Waals surface area contributed by atoms with E-state index >= 15 is 0 Å². The molecule has 0 aromatic heterocycles. The van der Waals surface area contributed by atoms with E-state index in [4.69, 9.17) is 11.6 Å². The fraction of sp³-hybridized carbons (Fsp3) is 0.600. The molecule has 0 aliphatic carbocycles. The topological polar surface area (TPSA) is 49.4 Å². The van der Waals surface area contributed by atoms with Crippen molar-refractivity contribution >= 4 is 21.6 Å². The summed E-state index contributed by atoms with van der Waals surface area (Å²) in [4.78, 5) is 0. The van der Waals surface area contributed by atoms with Gasteiger partial charge in [0.15, 0.2) is 0 Å². The lowest BCUT2D eigenvalue weighted by molar-refractivity contribution is 0.412. The molecule has 120 valence electrons. The maximum absolute atomic E-state index is 11.5. The van der Waals surface area contributed by atoms with E-state index < -0.39 is 10.0 Å².